The quantitative estimate of drug-likeness (QED) is 0.249. The molecule has 0 heterocycles. The Bertz CT molecular complexity index is 922. The van der Waals surface area contributed by atoms with E-state index in [1.54, 1.807) is 36.4 Å². The van der Waals surface area contributed by atoms with Gasteiger partial charge in [0.1, 0.15) is 30.5 Å². The van der Waals surface area contributed by atoms with Gasteiger partial charge in [0, 0.05) is 12.2 Å². The third-order valence-corrected chi connectivity index (χ3v) is 3.72. The van der Waals surface area contributed by atoms with Gasteiger partial charge in [0.15, 0.2) is 6.10 Å². The first-order valence-corrected chi connectivity index (χ1v) is 8.99. The van der Waals surface area contributed by atoms with Gasteiger partial charge in [-0.3, -0.25) is 0 Å². The summed E-state index contributed by atoms with van der Waals surface area (Å²) in [6, 6.07) is 12.3. The molecule has 0 spiro atoms. The van der Waals surface area contributed by atoms with Crippen molar-refractivity contribution in [1.29, 1.82) is 0 Å². The lowest BCUT2D eigenvalue weighted by molar-refractivity contribution is -0.154. The molecule has 1 unspecified atom stereocenters. The van der Waals surface area contributed by atoms with E-state index >= 15 is 0 Å². The molecule has 31 heavy (non-hydrogen) atoms. The molecule has 9 heteroatoms. The average molecular weight is 427 g/mol. The fourth-order valence-electron chi connectivity index (χ4n) is 2.19. The van der Waals surface area contributed by atoms with Crippen molar-refractivity contribution in [2.75, 3.05) is 13.2 Å². The van der Waals surface area contributed by atoms with E-state index in [1.807, 2.05) is 0 Å². The Morgan fingerprint density at radius 3 is 2.00 bits per heavy atom. The van der Waals surface area contributed by atoms with E-state index in [4.69, 9.17) is 24.8 Å². The molecule has 162 valence electrons. The van der Waals surface area contributed by atoms with Gasteiger partial charge in [-0.15, -0.1) is 0 Å². The second kappa shape index (κ2) is 11.8. The highest BCUT2D eigenvalue weighted by Gasteiger charge is 2.16. The molecule has 2 rings (SSSR count). The van der Waals surface area contributed by atoms with Gasteiger partial charge in [-0.2, -0.15) is 5.90 Å². The van der Waals surface area contributed by atoms with Crippen LogP contribution in [-0.4, -0.2) is 37.2 Å². The molecular weight excluding hydrogens is 406 g/mol. The highest BCUT2D eigenvalue weighted by atomic mass is 16.6. The van der Waals surface area contributed by atoms with E-state index in [2.05, 4.69) is 18.0 Å². The summed E-state index contributed by atoms with van der Waals surface area (Å²) >= 11 is 0. The van der Waals surface area contributed by atoms with Crippen LogP contribution < -0.4 is 20.2 Å². The van der Waals surface area contributed by atoms with Gasteiger partial charge in [-0.05, 0) is 48.5 Å². The SMILES string of the molecule is C=CC(=O)OCC(COc1ccc(C(=O)Oc2ccc(ON)cc2)cc1)OC(=O)C=C. The maximum atomic E-state index is 12.2. The number of carbonyl (C=O) groups is 3. The molecule has 9 nitrogen and oxygen atoms in total. The largest absolute Gasteiger partial charge is 0.490 e. The van der Waals surface area contributed by atoms with Crippen molar-refractivity contribution >= 4 is 17.9 Å². The molecule has 0 aliphatic rings. The topological polar surface area (TPSA) is 123 Å². The van der Waals surface area contributed by atoms with E-state index in [9.17, 15) is 14.4 Å². The Balaban J connectivity index is 1.93. The summed E-state index contributed by atoms with van der Waals surface area (Å²) in [5, 5.41) is 0. The van der Waals surface area contributed by atoms with Gasteiger partial charge in [0.2, 0.25) is 0 Å². The Kier molecular flexibility index (Phi) is 8.81. The molecule has 2 aromatic carbocycles. The molecule has 0 saturated carbocycles. The highest BCUT2D eigenvalue weighted by Crippen LogP contribution is 2.19. The molecule has 0 amide bonds. The minimum Gasteiger partial charge on any atom is -0.490 e. The van der Waals surface area contributed by atoms with Crippen molar-refractivity contribution < 1.29 is 38.2 Å². The normalized spacial score (nSPS) is 10.9. The van der Waals surface area contributed by atoms with Crippen LogP contribution in [0.1, 0.15) is 10.4 Å². The molecule has 0 bridgehead atoms. The van der Waals surface area contributed by atoms with Crippen molar-refractivity contribution in [3.05, 3.63) is 79.4 Å². The number of ether oxygens (including phenoxy) is 4. The Morgan fingerprint density at radius 1 is 0.839 bits per heavy atom. The Morgan fingerprint density at radius 2 is 1.42 bits per heavy atom. The van der Waals surface area contributed by atoms with Crippen LogP contribution >= 0.6 is 0 Å². The van der Waals surface area contributed by atoms with E-state index in [0.29, 0.717) is 22.8 Å². The zero-order valence-corrected chi connectivity index (χ0v) is 16.5. The van der Waals surface area contributed by atoms with Gasteiger partial charge in [0.05, 0.1) is 5.56 Å². The third kappa shape index (κ3) is 7.67. The summed E-state index contributed by atoms with van der Waals surface area (Å²) in [5.74, 6) is 4.28. The number of hydrogen-bond donors (Lipinski definition) is 1. The zero-order valence-electron chi connectivity index (χ0n) is 16.5. The number of benzene rings is 2. The van der Waals surface area contributed by atoms with Crippen LogP contribution in [0.4, 0.5) is 0 Å². The van der Waals surface area contributed by atoms with Crippen LogP contribution in [0, 0.1) is 0 Å². The lowest BCUT2D eigenvalue weighted by atomic mass is 10.2. The third-order valence-electron chi connectivity index (χ3n) is 3.72. The summed E-state index contributed by atoms with van der Waals surface area (Å²) in [6.45, 7) is 6.29. The highest BCUT2D eigenvalue weighted by molar-refractivity contribution is 5.91. The van der Waals surface area contributed by atoms with Crippen LogP contribution in [0.5, 0.6) is 17.2 Å². The van der Waals surface area contributed by atoms with E-state index in [0.717, 1.165) is 12.2 Å². The minimum atomic E-state index is -0.862. The lowest BCUT2D eigenvalue weighted by Gasteiger charge is -2.17. The van der Waals surface area contributed by atoms with Crippen molar-refractivity contribution in [3.8, 4) is 17.2 Å². The molecule has 0 saturated heterocycles. The fraction of sp³-hybridized carbons (Fsp3) is 0.136. The van der Waals surface area contributed by atoms with Crippen LogP contribution in [0.3, 0.4) is 0 Å². The predicted octanol–water partition coefficient (Wildman–Crippen LogP) is 2.36. The maximum Gasteiger partial charge on any atom is 0.343 e. The lowest BCUT2D eigenvalue weighted by Crippen LogP contribution is -2.30. The fourth-order valence-corrected chi connectivity index (χ4v) is 2.19. The van der Waals surface area contributed by atoms with Gasteiger partial charge >= 0.3 is 17.9 Å². The first-order valence-electron chi connectivity index (χ1n) is 8.99. The van der Waals surface area contributed by atoms with Crippen molar-refractivity contribution in [3.63, 3.8) is 0 Å². The first-order chi connectivity index (χ1) is 14.9. The number of carbonyl (C=O) groups excluding carboxylic acids is 3. The Hall–Kier alpha value is -4.11. The van der Waals surface area contributed by atoms with Crippen LogP contribution in [0.25, 0.3) is 0 Å². The van der Waals surface area contributed by atoms with Crippen LogP contribution in [0.2, 0.25) is 0 Å². The van der Waals surface area contributed by atoms with Crippen molar-refractivity contribution in [2.24, 2.45) is 5.90 Å². The second-order valence-corrected chi connectivity index (χ2v) is 5.91. The molecule has 2 N–H and O–H groups in total. The number of rotatable bonds is 11. The molecular formula is C22H21NO8. The molecule has 0 aromatic heterocycles. The van der Waals surface area contributed by atoms with Crippen LogP contribution in [0.15, 0.2) is 73.8 Å². The molecule has 0 aliphatic carbocycles. The van der Waals surface area contributed by atoms with E-state index < -0.39 is 24.0 Å². The summed E-state index contributed by atoms with van der Waals surface area (Å²) in [5.41, 5.74) is 0.293. The number of hydrogen-bond acceptors (Lipinski definition) is 9. The van der Waals surface area contributed by atoms with Gasteiger partial charge in [0.25, 0.3) is 0 Å². The number of nitrogens with two attached hydrogens (primary N) is 1. The number of esters is 3. The molecule has 1 atom stereocenters. The molecule has 0 aliphatic heterocycles. The van der Waals surface area contributed by atoms with Crippen molar-refractivity contribution in [1.82, 2.24) is 0 Å². The standard InChI is InChI=1S/C22H21NO8/c1-3-20(24)28-14-19(29-21(25)4-2)13-27-16-7-5-15(6-8-16)22(26)30-17-9-11-18(31-23)12-10-17/h3-12,19H,1-2,13-14,23H2. The Labute approximate surface area is 178 Å². The smallest absolute Gasteiger partial charge is 0.343 e. The summed E-state index contributed by atoms with van der Waals surface area (Å²) < 4.78 is 20.8. The first kappa shape index (κ1) is 23.2. The van der Waals surface area contributed by atoms with Crippen LogP contribution in [-0.2, 0) is 19.1 Å². The van der Waals surface area contributed by atoms with E-state index in [1.165, 1.54) is 12.1 Å². The zero-order chi connectivity index (χ0) is 22.6. The monoisotopic (exact) mass is 427 g/mol. The average Bonchev–Trinajstić information content (AvgIpc) is 2.81. The second-order valence-electron chi connectivity index (χ2n) is 5.91. The minimum absolute atomic E-state index is 0.0939. The van der Waals surface area contributed by atoms with E-state index in [-0.39, 0.29) is 13.2 Å². The molecule has 0 fully saturated rings. The molecule has 2 aromatic rings. The summed E-state index contributed by atoms with van der Waals surface area (Å²) in [4.78, 5) is 39.4. The summed E-state index contributed by atoms with van der Waals surface area (Å²) in [7, 11) is 0. The van der Waals surface area contributed by atoms with Crippen molar-refractivity contribution in [2.45, 2.75) is 6.10 Å². The van der Waals surface area contributed by atoms with Gasteiger partial charge in [-0.1, -0.05) is 13.2 Å². The predicted molar refractivity (Wildman–Crippen MR) is 109 cm³/mol. The molecule has 0 radical (unpaired) electrons. The summed E-state index contributed by atoms with van der Waals surface area (Å²) in [6.07, 6.45) is 1.12. The van der Waals surface area contributed by atoms with Gasteiger partial charge < -0.3 is 23.8 Å². The van der Waals surface area contributed by atoms with Gasteiger partial charge in [-0.25, -0.2) is 14.4 Å². The maximum absolute atomic E-state index is 12.2.